The zero-order valence-electron chi connectivity index (χ0n) is 17.5. The highest BCUT2D eigenvalue weighted by Crippen LogP contribution is 2.48. The number of benzene rings is 1. The van der Waals surface area contributed by atoms with Crippen molar-refractivity contribution in [3.05, 3.63) is 49.2 Å². The van der Waals surface area contributed by atoms with Gasteiger partial charge in [-0.2, -0.15) is 0 Å². The zero-order valence-corrected chi connectivity index (χ0v) is 17.5. The number of aromatic nitrogens is 4. The van der Waals surface area contributed by atoms with E-state index in [4.69, 9.17) is 0 Å². The van der Waals surface area contributed by atoms with Gasteiger partial charge in [-0.1, -0.05) is 33.3 Å². The molecule has 0 spiro atoms. The van der Waals surface area contributed by atoms with Gasteiger partial charge in [0.1, 0.15) is 17.6 Å². The average molecular weight is 407 g/mol. The van der Waals surface area contributed by atoms with Crippen LogP contribution in [0.3, 0.4) is 0 Å². The summed E-state index contributed by atoms with van der Waals surface area (Å²) in [6.45, 7) is 8.26. The minimum absolute atomic E-state index is 0.0876. The molecule has 0 aliphatic heterocycles. The Bertz CT molecular complexity index is 1060. The van der Waals surface area contributed by atoms with E-state index >= 15 is 4.39 Å². The van der Waals surface area contributed by atoms with E-state index in [1.165, 1.54) is 0 Å². The van der Waals surface area contributed by atoms with Crippen LogP contribution in [-0.4, -0.2) is 31.4 Å². The highest BCUT2D eigenvalue weighted by Gasteiger charge is 2.43. The smallest absolute Gasteiger partial charge is 0.177 e. The Hall–Kier alpha value is -2.89. The molecule has 3 aromatic rings. The highest BCUT2D eigenvalue weighted by atomic mass is 19.1. The summed E-state index contributed by atoms with van der Waals surface area (Å²) < 4.78 is 15.4. The summed E-state index contributed by atoms with van der Waals surface area (Å²) in [4.78, 5) is 8.48. The second-order valence-corrected chi connectivity index (χ2v) is 8.59. The highest BCUT2D eigenvalue weighted by molar-refractivity contribution is 5.89. The van der Waals surface area contributed by atoms with Gasteiger partial charge in [0.25, 0.3) is 0 Å². The van der Waals surface area contributed by atoms with Crippen LogP contribution in [0.1, 0.15) is 51.8 Å². The first kappa shape index (κ1) is 20.4. The molecule has 1 aromatic carbocycles. The molecule has 156 valence electrons. The van der Waals surface area contributed by atoms with Gasteiger partial charge < -0.3 is 5.11 Å². The summed E-state index contributed by atoms with van der Waals surface area (Å²) in [5.74, 6) is 0.172. The second kappa shape index (κ2) is 8.09. The molecular formula is C24H27FN4O. The van der Waals surface area contributed by atoms with Gasteiger partial charge in [0.05, 0.1) is 6.20 Å². The number of halogens is 1. The van der Waals surface area contributed by atoms with Crippen molar-refractivity contribution in [2.45, 2.75) is 52.1 Å². The topological polar surface area (TPSA) is 71.8 Å². The van der Waals surface area contributed by atoms with Crippen molar-refractivity contribution in [2.24, 2.45) is 11.3 Å². The summed E-state index contributed by atoms with van der Waals surface area (Å²) in [7, 11) is 0. The number of pyridine rings is 1. The number of allylic oxidation sites excluding steroid dienone is 1. The molecule has 4 rings (SSSR count). The number of aromatic hydroxyl groups is 1. The Morgan fingerprint density at radius 3 is 2.83 bits per heavy atom. The van der Waals surface area contributed by atoms with E-state index in [0.717, 1.165) is 42.9 Å². The maximum absolute atomic E-state index is 15.4. The number of phenolic OH excluding ortho intramolecular Hbond substituents is 1. The van der Waals surface area contributed by atoms with Crippen molar-refractivity contribution < 1.29 is 9.50 Å². The van der Waals surface area contributed by atoms with Crippen LogP contribution in [0.4, 0.5) is 4.39 Å². The fourth-order valence-corrected chi connectivity index (χ4v) is 4.72. The molecule has 5 nitrogen and oxygen atoms in total. The lowest BCUT2D eigenvalue weighted by Crippen LogP contribution is -2.39. The zero-order chi connectivity index (χ0) is 21.3. The van der Waals surface area contributed by atoms with Gasteiger partial charge in [0.2, 0.25) is 0 Å². The van der Waals surface area contributed by atoms with Crippen molar-refractivity contribution in [3.8, 4) is 17.0 Å². The molecule has 1 aliphatic carbocycles. The van der Waals surface area contributed by atoms with Crippen LogP contribution in [0, 0.1) is 11.3 Å². The number of alkyl halides is 1. The normalized spacial score (nSPS) is 24.1. The molecule has 6 heteroatoms. The molecule has 2 heterocycles. The van der Waals surface area contributed by atoms with E-state index in [-0.39, 0.29) is 17.1 Å². The molecule has 0 bridgehead atoms. The number of rotatable bonds is 5. The standard InChI is InChI=1S/C24H27FN4O/c1-4-8-24(3)9-5-6-18(22(24)25)15(2)23-27-14-20(28-29-23)19-11-16-7-10-26-13-17(16)12-21(19)30/h7,10-14,18,22,30H,2,4-6,8-9H2,1,3H3/t18-,22+,24-/m1/s1. The summed E-state index contributed by atoms with van der Waals surface area (Å²) in [6.07, 6.45) is 8.47. The minimum atomic E-state index is -0.958. The van der Waals surface area contributed by atoms with Crippen LogP contribution in [0.2, 0.25) is 0 Å². The van der Waals surface area contributed by atoms with E-state index in [1.54, 1.807) is 24.7 Å². The fourth-order valence-electron chi connectivity index (χ4n) is 4.72. The van der Waals surface area contributed by atoms with E-state index < -0.39 is 6.17 Å². The van der Waals surface area contributed by atoms with E-state index in [0.29, 0.717) is 22.7 Å². The molecule has 1 saturated carbocycles. The Kier molecular flexibility index (Phi) is 5.50. The monoisotopic (exact) mass is 406 g/mol. The molecule has 3 atom stereocenters. The second-order valence-electron chi connectivity index (χ2n) is 8.59. The van der Waals surface area contributed by atoms with Crippen molar-refractivity contribution in [1.82, 2.24) is 20.2 Å². The van der Waals surface area contributed by atoms with Gasteiger partial charge in [0, 0.05) is 29.3 Å². The number of nitrogens with zero attached hydrogens (tertiary/aromatic N) is 4. The number of hydrogen-bond donors (Lipinski definition) is 1. The molecule has 0 amide bonds. The fraction of sp³-hybridized carbons (Fsp3) is 0.417. The van der Waals surface area contributed by atoms with Gasteiger partial charge in [0.15, 0.2) is 5.82 Å². The lowest BCUT2D eigenvalue weighted by molar-refractivity contribution is 0.0362. The van der Waals surface area contributed by atoms with Crippen LogP contribution in [-0.2, 0) is 0 Å². The lowest BCUT2D eigenvalue weighted by Gasteiger charge is -2.42. The predicted molar refractivity (Wildman–Crippen MR) is 117 cm³/mol. The van der Waals surface area contributed by atoms with Crippen molar-refractivity contribution in [2.75, 3.05) is 0 Å². The van der Waals surface area contributed by atoms with Crippen LogP contribution in [0.25, 0.3) is 27.6 Å². The van der Waals surface area contributed by atoms with Crippen LogP contribution in [0.5, 0.6) is 5.75 Å². The molecule has 0 radical (unpaired) electrons. The molecule has 1 fully saturated rings. The molecule has 0 saturated heterocycles. The molecule has 2 aromatic heterocycles. The molecule has 30 heavy (non-hydrogen) atoms. The lowest BCUT2D eigenvalue weighted by atomic mass is 9.65. The van der Waals surface area contributed by atoms with Crippen LogP contribution < -0.4 is 0 Å². The van der Waals surface area contributed by atoms with Gasteiger partial charge >= 0.3 is 0 Å². The average Bonchev–Trinajstić information content (AvgIpc) is 2.75. The third kappa shape index (κ3) is 3.66. The number of hydrogen-bond acceptors (Lipinski definition) is 5. The largest absolute Gasteiger partial charge is 0.507 e. The van der Waals surface area contributed by atoms with Crippen LogP contribution in [0.15, 0.2) is 43.4 Å². The van der Waals surface area contributed by atoms with Crippen molar-refractivity contribution in [3.63, 3.8) is 0 Å². The van der Waals surface area contributed by atoms with Gasteiger partial charge in [-0.25, -0.2) is 9.37 Å². The van der Waals surface area contributed by atoms with E-state index in [1.807, 2.05) is 19.1 Å². The van der Waals surface area contributed by atoms with E-state index in [2.05, 4.69) is 33.7 Å². The first-order valence-electron chi connectivity index (χ1n) is 10.5. The molecule has 1 N–H and O–H groups in total. The Balaban J connectivity index is 1.59. The van der Waals surface area contributed by atoms with Gasteiger partial charge in [-0.05, 0) is 53.8 Å². The first-order chi connectivity index (χ1) is 14.4. The van der Waals surface area contributed by atoms with Gasteiger partial charge in [-0.3, -0.25) is 4.98 Å². The summed E-state index contributed by atoms with van der Waals surface area (Å²) >= 11 is 0. The van der Waals surface area contributed by atoms with Crippen molar-refractivity contribution >= 4 is 16.3 Å². The summed E-state index contributed by atoms with van der Waals surface area (Å²) in [5, 5.41) is 20.7. The third-order valence-electron chi connectivity index (χ3n) is 6.43. The molecular weight excluding hydrogens is 379 g/mol. The Morgan fingerprint density at radius 2 is 2.10 bits per heavy atom. The molecule has 1 aliphatic rings. The Morgan fingerprint density at radius 1 is 1.27 bits per heavy atom. The van der Waals surface area contributed by atoms with Gasteiger partial charge in [-0.15, -0.1) is 10.2 Å². The summed E-state index contributed by atoms with van der Waals surface area (Å²) in [5.41, 5.74) is 1.29. The summed E-state index contributed by atoms with van der Waals surface area (Å²) in [6, 6.07) is 5.35. The SMILES string of the molecule is C=C(c1ncc(-c2cc3ccncc3cc2O)nn1)[C@H]1CCC[C@@](C)(CCC)[C@H]1F. The number of fused-ring (bicyclic) bond motifs is 1. The maximum atomic E-state index is 15.4. The van der Waals surface area contributed by atoms with Crippen LogP contribution >= 0.6 is 0 Å². The quantitative estimate of drug-likeness (QED) is 0.584. The van der Waals surface area contributed by atoms with E-state index in [9.17, 15) is 5.11 Å². The number of phenols is 1. The Labute approximate surface area is 176 Å². The minimum Gasteiger partial charge on any atom is -0.507 e. The molecule has 0 unspecified atom stereocenters. The van der Waals surface area contributed by atoms with Crippen molar-refractivity contribution in [1.29, 1.82) is 0 Å². The maximum Gasteiger partial charge on any atom is 0.177 e. The third-order valence-corrected chi connectivity index (χ3v) is 6.43. The predicted octanol–water partition coefficient (Wildman–Crippen LogP) is 5.75. The first-order valence-corrected chi connectivity index (χ1v) is 10.5.